The van der Waals surface area contributed by atoms with Crippen LogP contribution in [0.5, 0.6) is 0 Å². The second-order valence-corrected chi connectivity index (χ2v) is 5.54. The largest absolute Gasteiger partial charge is 0.304 e. The number of hydrogen-bond acceptors (Lipinski definition) is 4. The van der Waals surface area contributed by atoms with E-state index < -0.39 is 0 Å². The first-order valence-electron chi connectivity index (χ1n) is 6.77. The van der Waals surface area contributed by atoms with Crippen LogP contribution in [-0.2, 0) is 7.05 Å². The molecule has 0 atom stereocenters. The summed E-state index contributed by atoms with van der Waals surface area (Å²) in [6.07, 6.45) is 5.09. The SMILES string of the molecule is CSc1ncc(C(=O)Nc2ccn(C)n2)n1-c1ccc(F)cc1. The van der Waals surface area contributed by atoms with Crippen LogP contribution in [0.15, 0.2) is 47.9 Å². The minimum atomic E-state index is -0.334. The van der Waals surface area contributed by atoms with Gasteiger partial charge in [-0.3, -0.25) is 14.0 Å². The maximum absolute atomic E-state index is 13.1. The number of thioether (sulfide) groups is 1. The molecule has 0 bridgehead atoms. The van der Waals surface area contributed by atoms with Gasteiger partial charge in [0.25, 0.3) is 5.91 Å². The Morgan fingerprint density at radius 2 is 2.00 bits per heavy atom. The van der Waals surface area contributed by atoms with Crippen LogP contribution in [0, 0.1) is 5.82 Å². The number of carbonyl (C=O) groups is 1. The molecule has 0 radical (unpaired) electrons. The standard InChI is InChI=1S/C15H14FN5OS/c1-20-8-7-13(19-20)18-14(22)12-9-17-15(23-2)21(12)11-5-3-10(16)4-6-11/h3-9H,1-2H3,(H,18,19,22). The highest BCUT2D eigenvalue weighted by atomic mass is 32.2. The van der Waals surface area contributed by atoms with Crippen LogP contribution < -0.4 is 5.32 Å². The molecule has 1 aromatic carbocycles. The smallest absolute Gasteiger partial charge is 0.275 e. The molecular formula is C15H14FN5OS. The summed E-state index contributed by atoms with van der Waals surface area (Å²) in [5.41, 5.74) is 1.02. The Morgan fingerprint density at radius 1 is 1.26 bits per heavy atom. The topological polar surface area (TPSA) is 64.7 Å². The Bertz CT molecular complexity index is 840. The molecule has 0 fully saturated rings. The molecule has 8 heteroatoms. The van der Waals surface area contributed by atoms with E-state index in [2.05, 4.69) is 15.4 Å². The molecule has 0 aliphatic carbocycles. The van der Waals surface area contributed by atoms with E-state index in [9.17, 15) is 9.18 Å². The van der Waals surface area contributed by atoms with Crippen LogP contribution in [0.25, 0.3) is 5.69 Å². The molecule has 3 aromatic rings. The highest BCUT2D eigenvalue weighted by Crippen LogP contribution is 2.22. The van der Waals surface area contributed by atoms with Gasteiger partial charge < -0.3 is 5.32 Å². The van der Waals surface area contributed by atoms with Gasteiger partial charge in [0.05, 0.1) is 6.20 Å². The van der Waals surface area contributed by atoms with E-state index in [1.807, 2.05) is 6.26 Å². The highest BCUT2D eigenvalue weighted by Gasteiger charge is 2.18. The van der Waals surface area contributed by atoms with Crippen LogP contribution in [0.1, 0.15) is 10.5 Å². The van der Waals surface area contributed by atoms with E-state index in [0.717, 1.165) is 0 Å². The van der Waals surface area contributed by atoms with Crippen molar-refractivity contribution in [1.29, 1.82) is 0 Å². The van der Waals surface area contributed by atoms with Crippen LogP contribution in [0.3, 0.4) is 0 Å². The lowest BCUT2D eigenvalue weighted by Crippen LogP contribution is -2.17. The van der Waals surface area contributed by atoms with E-state index in [1.165, 1.54) is 30.1 Å². The van der Waals surface area contributed by atoms with Gasteiger partial charge in [-0.15, -0.1) is 0 Å². The van der Waals surface area contributed by atoms with Gasteiger partial charge in [0, 0.05) is 25.0 Å². The molecular weight excluding hydrogens is 317 g/mol. The summed E-state index contributed by atoms with van der Waals surface area (Å²) in [5, 5.41) is 7.48. The molecule has 0 aliphatic heterocycles. The highest BCUT2D eigenvalue weighted by molar-refractivity contribution is 7.98. The molecule has 23 heavy (non-hydrogen) atoms. The second-order valence-electron chi connectivity index (χ2n) is 4.77. The van der Waals surface area contributed by atoms with Crippen molar-refractivity contribution in [2.45, 2.75) is 5.16 Å². The third-order valence-electron chi connectivity index (χ3n) is 3.18. The number of nitrogens with zero attached hydrogens (tertiary/aromatic N) is 4. The van der Waals surface area contributed by atoms with Gasteiger partial charge >= 0.3 is 0 Å². The Hall–Kier alpha value is -2.61. The van der Waals surface area contributed by atoms with Crippen molar-refractivity contribution in [3.05, 3.63) is 54.2 Å². The number of carbonyl (C=O) groups excluding carboxylic acids is 1. The minimum Gasteiger partial charge on any atom is -0.304 e. The van der Waals surface area contributed by atoms with Crippen LogP contribution in [0.4, 0.5) is 10.2 Å². The Labute approximate surface area is 136 Å². The fourth-order valence-electron chi connectivity index (χ4n) is 2.14. The summed E-state index contributed by atoms with van der Waals surface area (Å²) in [7, 11) is 1.77. The van der Waals surface area contributed by atoms with Gasteiger partial charge in [0.15, 0.2) is 11.0 Å². The first-order chi connectivity index (χ1) is 11.1. The van der Waals surface area contributed by atoms with E-state index in [1.54, 1.807) is 40.7 Å². The number of aromatic nitrogens is 4. The summed E-state index contributed by atoms with van der Waals surface area (Å²) in [4.78, 5) is 16.8. The molecule has 2 aromatic heterocycles. The van der Waals surface area contributed by atoms with Crippen molar-refractivity contribution >= 4 is 23.5 Å². The fourth-order valence-corrected chi connectivity index (χ4v) is 2.69. The Balaban J connectivity index is 1.97. The number of amides is 1. The normalized spacial score (nSPS) is 10.7. The van der Waals surface area contributed by atoms with Crippen LogP contribution in [-0.4, -0.2) is 31.5 Å². The number of imidazole rings is 1. The summed E-state index contributed by atoms with van der Waals surface area (Å²) in [6.45, 7) is 0. The summed E-state index contributed by atoms with van der Waals surface area (Å²) >= 11 is 1.40. The number of halogens is 1. The van der Waals surface area contributed by atoms with Crippen molar-refractivity contribution in [2.24, 2.45) is 7.05 Å². The van der Waals surface area contributed by atoms with Crippen molar-refractivity contribution in [2.75, 3.05) is 11.6 Å². The lowest BCUT2D eigenvalue weighted by molar-refractivity contribution is 0.101. The lowest BCUT2D eigenvalue weighted by Gasteiger charge is -2.10. The van der Waals surface area contributed by atoms with Crippen molar-refractivity contribution < 1.29 is 9.18 Å². The van der Waals surface area contributed by atoms with E-state index in [0.29, 0.717) is 22.4 Å². The number of aryl methyl sites for hydroxylation is 1. The average Bonchev–Trinajstić information content (AvgIpc) is 3.14. The zero-order valence-electron chi connectivity index (χ0n) is 12.5. The van der Waals surface area contributed by atoms with Crippen molar-refractivity contribution in [3.63, 3.8) is 0 Å². The fraction of sp³-hybridized carbons (Fsp3) is 0.133. The Kier molecular flexibility index (Phi) is 4.16. The third kappa shape index (κ3) is 3.11. The minimum absolute atomic E-state index is 0.333. The Morgan fingerprint density at radius 3 is 2.61 bits per heavy atom. The van der Waals surface area contributed by atoms with Gasteiger partial charge in [-0.1, -0.05) is 11.8 Å². The summed E-state index contributed by atoms with van der Waals surface area (Å²) in [5.74, 6) is -0.213. The lowest BCUT2D eigenvalue weighted by atomic mass is 10.3. The van der Waals surface area contributed by atoms with Gasteiger partial charge in [-0.05, 0) is 30.5 Å². The number of anilines is 1. The average molecular weight is 331 g/mol. The first-order valence-corrected chi connectivity index (χ1v) is 7.99. The second kappa shape index (κ2) is 6.25. The third-order valence-corrected chi connectivity index (χ3v) is 3.84. The molecule has 3 rings (SSSR count). The number of rotatable bonds is 4. The molecule has 0 saturated carbocycles. The summed E-state index contributed by atoms with van der Waals surface area (Å²) in [6, 6.07) is 7.61. The zero-order valence-corrected chi connectivity index (χ0v) is 13.3. The summed E-state index contributed by atoms with van der Waals surface area (Å²) < 4.78 is 16.4. The molecule has 6 nitrogen and oxygen atoms in total. The molecule has 0 spiro atoms. The molecule has 118 valence electrons. The predicted octanol–water partition coefficient (Wildman–Crippen LogP) is 2.72. The quantitative estimate of drug-likeness (QED) is 0.747. The van der Waals surface area contributed by atoms with Crippen molar-refractivity contribution in [3.8, 4) is 5.69 Å². The zero-order chi connectivity index (χ0) is 16.4. The molecule has 0 unspecified atom stereocenters. The van der Waals surface area contributed by atoms with Crippen LogP contribution in [0.2, 0.25) is 0 Å². The van der Waals surface area contributed by atoms with Gasteiger partial charge in [-0.25, -0.2) is 9.37 Å². The van der Waals surface area contributed by atoms with E-state index >= 15 is 0 Å². The van der Waals surface area contributed by atoms with Gasteiger partial charge in [-0.2, -0.15) is 5.10 Å². The maximum Gasteiger partial charge on any atom is 0.275 e. The number of benzene rings is 1. The van der Waals surface area contributed by atoms with Crippen molar-refractivity contribution in [1.82, 2.24) is 19.3 Å². The molecule has 0 aliphatic rings. The molecule has 2 heterocycles. The molecule has 1 N–H and O–H groups in total. The maximum atomic E-state index is 13.1. The molecule has 0 saturated heterocycles. The monoisotopic (exact) mass is 331 g/mol. The number of nitrogens with one attached hydrogen (secondary N) is 1. The van der Waals surface area contributed by atoms with Crippen LogP contribution >= 0.6 is 11.8 Å². The molecule has 1 amide bonds. The van der Waals surface area contributed by atoms with E-state index in [4.69, 9.17) is 0 Å². The predicted molar refractivity (Wildman–Crippen MR) is 86.5 cm³/mol. The van der Waals surface area contributed by atoms with Gasteiger partial charge in [0.1, 0.15) is 11.5 Å². The van der Waals surface area contributed by atoms with Gasteiger partial charge in [0.2, 0.25) is 0 Å². The van der Waals surface area contributed by atoms with E-state index in [-0.39, 0.29) is 11.7 Å². The number of hydrogen-bond donors (Lipinski definition) is 1. The first kappa shape index (κ1) is 15.3.